The van der Waals surface area contributed by atoms with Crippen molar-refractivity contribution in [2.45, 2.75) is 12.8 Å². The van der Waals surface area contributed by atoms with Crippen molar-refractivity contribution >= 4 is 0 Å². The highest BCUT2D eigenvalue weighted by molar-refractivity contribution is 5.47. The van der Waals surface area contributed by atoms with Crippen molar-refractivity contribution in [2.75, 3.05) is 0 Å². The van der Waals surface area contributed by atoms with E-state index in [1.807, 2.05) is 0 Å². The molecule has 0 heterocycles. The molecule has 0 nitrogen and oxygen atoms in total. The lowest BCUT2D eigenvalue weighted by atomic mass is 10.1. The van der Waals surface area contributed by atoms with Gasteiger partial charge in [-0.15, -0.1) is 0 Å². The molecule has 0 N–H and O–H groups in total. The van der Waals surface area contributed by atoms with Gasteiger partial charge in [-0.2, -0.15) is 0 Å². The Hall–Kier alpha value is -0.700. The normalized spacial score (nSPS) is 32.0. The molecular weight excluding hydrogens is 84.1 g/mol. The van der Waals surface area contributed by atoms with Crippen LogP contribution in [0.1, 0.15) is 12.8 Å². The van der Waals surface area contributed by atoms with Gasteiger partial charge >= 0.3 is 0 Å². The first-order valence-corrected chi connectivity index (χ1v) is 2.67. The second-order valence-corrected chi connectivity index (χ2v) is 2.07. The molecule has 0 bridgehead atoms. The van der Waals surface area contributed by atoms with Crippen LogP contribution in [0.3, 0.4) is 0 Å². The van der Waals surface area contributed by atoms with Gasteiger partial charge in [-0.05, 0) is 6.42 Å². The quantitative estimate of drug-likeness (QED) is 0.394. The van der Waals surface area contributed by atoms with E-state index in [9.17, 15) is 0 Å². The maximum Gasteiger partial charge on any atom is 0.0116 e. The molecule has 1 unspecified atom stereocenters. The lowest BCUT2D eigenvalue weighted by Gasteiger charge is -1.93. The van der Waals surface area contributed by atoms with Crippen molar-refractivity contribution in [3.05, 3.63) is 11.6 Å². The summed E-state index contributed by atoms with van der Waals surface area (Å²) in [5.74, 6) is 6.95. The van der Waals surface area contributed by atoms with Gasteiger partial charge in [0, 0.05) is 17.9 Å². The highest BCUT2D eigenvalue weighted by atomic mass is 14.3. The first kappa shape index (κ1) is 3.32. The number of rotatable bonds is 0. The van der Waals surface area contributed by atoms with E-state index < -0.39 is 0 Å². The third-order valence-corrected chi connectivity index (χ3v) is 1.48. The van der Waals surface area contributed by atoms with E-state index in [0.29, 0.717) is 0 Å². The van der Waals surface area contributed by atoms with Gasteiger partial charge in [0.15, 0.2) is 0 Å². The van der Waals surface area contributed by atoms with E-state index in [-0.39, 0.29) is 0 Å². The van der Waals surface area contributed by atoms with Gasteiger partial charge in [0.25, 0.3) is 0 Å². The molecule has 34 valence electrons. The molecule has 7 heavy (non-hydrogen) atoms. The second kappa shape index (κ2) is 0.924. The van der Waals surface area contributed by atoms with Gasteiger partial charge in [0.1, 0.15) is 0 Å². The SMILES string of the molecule is C1#CC2=CC2CC1. The summed E-state index contributed by atoms with van der Waals surface area (Å²) >= 11 is 0. The Kier molecular flexibility index (Phi) is 0.438. The van der Waals surface area contributed by atoms with Crippen LogP contribution in [-0.4, -0.2) is 0 Å². The fourth-order valence-corrected chi connectivity index (χ4v) is 0.934. The van der Waals surface area contributed by atoms with Crippen LogP contribution in [0, 0.1) is 17.8 Å². The van der Waals surface area contributed by atoms with Crippen LogP contribution in [0.2, 0.25) is 0 Å². The van der Waals surface area contributed by atoms with Crippen LogP contribution < -0.4 is 0 Å². The molecule has 0 aromatic heterocycles. The first-order chi connectivity index (χ1) is 3.47. The Balaban J connectivity index is 2.32. The third-order valence-electron chi connectivity index (χ3n) is 1.48. The summed E-state index contributed by atoms with van der Waals surface area (Å²) in [6.07, 6.45) is 4.66. The van der Waals surface area contributed by atoms with Crippen molar-refractivity contribution in [1.82, 2.24) is 0 Å². The van der Waals surface area contributed by atoms with Crippen LogP contribution in [-0.2, 0) is 0 Å². The van der Waals surface area contributed by atoms with Crippen LogP contribution in [0.15, 0.2) is 11.6 Å². The Bertz CT molecular complexity index is 176. The molecule has 0 saturated heterocycles. The lowest BCUT2D eigenvalue weighted by Crippen LogP contribution is -1.83. The largest absolute Gasteiger partial charge is 0.0982 e. The van der Waals surface area contributed by atoms with Crippen LogP contribution in [0.25, 0.3) is 0 Å². The van der Waals surface area contributed by atoms with Gasteiger partial charge in [-0.1, -0.05) is 17.9 Å². The zero-order chi connectivity index (χ0) is 4.69. The second-order valence-electron chi connectivity index (χ2n) is 2.07. The fourth-order valence-electron chi connectivity index (χ4n) is 0.934. The van der Waals surface area contributed by atoms with Crippen LogP contribution in [0.4, 0.5) is 0 Å². The number of fused-ring (bicyclic) bond motifs is 1. The molecule has 0 heteroatoms. The Morgan fingerprint density at radius 3 is 3.29 bits per heavy atom. The Morgan fingerprint density at radius 1 is 1.71 bits per heavy atom. The molecular formula is C7H6. The molecule has 2 aliphatic carbocycles. The smallest absolute Gasteiger partial charge is 0.0116 e. The minimum Gasteiger partial charge on any atom is -0.0982 e. The summed E-state index contributed by atoms with van der Waals surface area (Å²) in [6.45, 7) is 0. The Morgan fingerprint density at radius 2 is 2.71 bits per heavy atom. The topological polar surface area (TPSA) is 0 Å². The average Bonchev–Trinajstić information content (AvgIpc) is 2.41. The molecule has 0 aliphatic heterocycles. The number of hydrogen-bond acceptors (Lipinski definition) is 0. The van der Waals surface area contributed by atoms with Gasteiger partial charge < -0.3 is 0 Å². The molecule has 2 aliphatic rings. The zero-order valence-electron chi connectivity index (χ0n) is 4.07. The number of allylic oxidation sites excluding steroid dienone is 2. The molecule has 0 aromatic carbocycles. The number of hydrogen-bond donors (Lipinski definition) is 0. The minimum atomic E-state index is 0.821. The summed E-state index contributed by atoms with van der Waals surface area (Å²) in [6, 6.07) is 0. The van der Waals surface area contributed by atoms with E-state index in [1.54, 1.807) is 0 Å². The predicted octanol–water partition coefficient (Wildman–Crippen LogP) is 1.34. The summed E-state index contributed by atoms with van der Waals surface area (Å²) in [5, 5.41) is 0. The molecule has 0 saturated carbocycles. The van der Waals surface area contributed by atoms with Crippen molar-refractivity contribution < 1.29 is 0 Å². The fraction of sp³-hybridized carbons (Fsp3) is 0.429. The Labute approximate surface area is 43.2 Å². The highest BCUT2D eigenvalue weighted by Gasteiger charge is 2.23. The van der Waals surface area contributed by atoms with Gasteiger partial charge in [-0.25, -0.2) is 0 Å². The predicted molar refractivity (Wildman–Crippen MR) is 28.6 cm³/mol. The maximum absolute atomic E-state index is 3.07. The molecule has 0 aromatic rings. The zero-order valence-corrected chi connectivity index (χ0v) is 4.07. The first-order valence-electron chi connectivity index (χ1n) is 2.67. The van der Waals surface area contributed by atoms with E-state index >= 15 is 0 Å². The minimum absolute atomic E-state index is 0.821. The van der Waals surface area contributed by atoms with Crippen LogP contribution in [0.5, 0.6) is 0 Å². The summed E-state index contributed by atoms with van der Waals surface area (Å²) < 4.78 is 0. The summed E-state index contributed by atoms with van der Waals surface area (Å²) in [5.41, 5.74) is 1.39. The van der Waals surface area contributed by atoms with Gasteiger partial charge in [-0.3, -0.25) is 0 Å². The molecule has 0 radical (unpaired) electrons. The third kappa shape index (κ3) is 0.381. The molecule has 1 atom stereocenters. The van der Waals surface area contributed by atoms with Crippen LogP contribution >= 0.6 is 0 Å². The van der Waals surface area contributed by atoms with Crippen molar-refractivity contribution in [3.63, 3.8) is 0 Å². The van der Waals surface area contributed by atoms with E-state index in [4.69, 9.17) is 0 Å². The molecule has 0 spiro atoms. The van der Waals surface area contributed by atoms with E-state index in [0.717, 1.165) is 12.3 Å². The van der Waals surface area contributed by atoms with Crippen molar-refractivity contribution in [1.29, 1.82) is 0 Å². The average molecular weight is 90.1 g/mol. The van der Waals surface area contributed by atoms with E-state index in [1.165, 1.54) is 12.0 Å². The summed E-state index contributed by atoms with van der Waals surface area (Å²) in [7, 11) is 0. The summed E-state index contributed by atoms with van der Waals surface area (Å²) in [4.78, 5) is 0. The van der Waals surface area contributed by atoms with E-state index in [2.05, 4.69) is 17.9 Å². The lowest BCUT2D eigenvalue weighted by molar-refractivity contribution is 0.785. The molecule has 0 fully saturated rings. The monoisotopic (exact) mass is 90.0 g/mol. The highest BCUT2D eigenvalue weighted by Crippen LogP contribution is 2.34. The van der Waals surface area contributed by atoms with Gasteiger partial charge in [0.2, 0.25) is 0 Å². The molecule has 0 amide bonds. The molecule has 2 rings (SSSR count). The van der Waals surface area contributed by atoms with Gasteiger partial charge in [0.05, 0.1) is 0 Å². The van der Waals surface area contributed by atoms with Crippen molar-refractivity contribution in [2.24, 2.45) is 5.92 Å². The maximum atomic E-state index is 3.07. The van der Waals surface area contributed by atoms with Crippen molar-refractivity contribution in [3.8, 4) is 11.8 Å². The standard InChI is InChI=1S/C7H6/c1-2-4-7-5-6(7)3-1/h5-6H,1,3H2.